The molecule has 2 aromatic carbocycles. The lowest BCUT2D eigenvalue weighted by Gasteiger charge is -2.15. The molecule has 2 N–H and O–H groups in total. The second-order valence-electron chi connectivity index (χ2n) is 6.95. The number of methoxy groups -OCH3 is 1. The van der Waals surface area contributed by atoms with Crippen molar-refractivity contribution in [2.75, 3.05) is 30.4 Å². The number of carbonyl (C=O) groups is 4. The monoisotopic (exact) mass is 409 g/mol. The number of nitrogens with one attached hydrogen (secondary N) is 2. The van der Waals surface area contributed by atoms with Gasteiger partial charge in [0.25, 0.3) is 5.91 Å². The number of benzene rings is 2. The molecule has 0 saturated carbocycles. The first kappa shape index (κ1) is 21.0. The summed E-state index contributed by atoms with van der Waals surface area (Å²) in [5.41, 5.74) is 2.71. The van der Waals surface area contributed by atoms with Gasteiger partial charge < -0.3 is 20.3 Å². The second kappa shape index (κ2) is 9.21. The average molecular weight is 409 g/mol. The summed E-state index contributed by atoms with van der Waals surface area (Å²) in [6, 6.07) is 11.5. The van der Waals surface area contributed by atoms with Gasteiger partial charge in [-0.3, -0.25) is 14.4 Å². The van der Waals surface area contributed by atoms with Gasteiger partial charge in [-0.15, -0.1) is 0 Å². The van der Waals surface area contributed by atoms with Gasteiger partial charge in [0, 0.05) is 29.9 Å². The van der Waals surface area contributed by atoms with Gasteiger partial charge in [-0.1, -0.05) is 6.07 Å². The Labute approximate surface area is 174 Å². The summed E-state index contributed by atoms with van der Waals surface area (Å²) >= 11 is 0. The zero-order valence-electron chi connectivity index (χ0n) is 16.9. The predicted octanol–water partition coefficient (Wildman–Crippen LogP) is 2.28. The van der Waals surface area contributed by atoms with Gasteiger partial charge in [0.05, 0.1) is 19.2 Å². The van der Waals surface area contributed by atoms with Crippen LogP contribution in [-0.2, 0) is 14.3 Å². The molecule has 0 aromatic heterocycles. The number of amides is 3. The molecule has 0 unspecified atom stereocenters. The highest BCUT2D eigenvalue weighted by molar-refractivity contribution is 6.01. The highest BCUT2D eigenvalue weighted by Gasteiger charge is 2.21. The Morgan fingerprint density at radius 3 is 2.40 bits per heavy atom. The van der Waals surface area contributed by atoms with Crippen molar-refractivity contribution in [3.8, 4) is 0 Å². The van der Waals surface area contributed by atoms with E-state index in [9.17, 15) is 19.2 Å². The van der Waals surface area contributed by atoms with Gasteiger partial charge in [0.2, 0.25) is 11.8 Å². The zero-order valence-corrected chi connectivity index (χ0v) is 16.9. The van der Waals surface area contributed by atoms with Crippen LogP contribution in [0.25, 0.3) is 0 Å². The summed E-state index contributed by atoms with van der Waals surface area (Å²) < 4.78 is 4.68. The SMILES string of the molecule is COC(=O)c1ccc(C)c(NC(=O)CNC(=O)c2ccc(N3CCCC3=O)cc2)c1. The van der Waals surface area contributed by atoms with Crippen LogP contribution in [0, 0.1) is 6.92 Å². The number of nitrogens with zero attached hydrogens (tertiary/aromatic N) is 1. The lowest BCUT2D eigenvalue weighted by atomic mass is 10.1. The van der Waals surface area contributed by atoms with Crippen molar-refractivity contribution < 1.29 is 23.9 Å². The largest absolute Gasteiger partial charge is 0.465 e. The molecular weight excluding hydrogens is 386 g/mol. The van der Waals surface area contributed by atoms with Gasteiger partial charge in [-0.05, 0) is 55.3 Å². The first-order chi connectivity index (χ1) is 14.4. The van der Waals surface area contributed by atoms with Crippen LogP contribution in [0.3, 0.4) is 0 Å². The lowest BCUT2D eigenvalue weighted by molar-refractivity contribution is -0.117. The molecule has 0 radical (unpaired) electrons. The Bertz CT molecular complexity index is 985. The maximum Gasteiger partial charge on any atom is 0.337 e. The van der Waals surface area contributed by atoms with Gasteiger partial charge in [-0.2, -0.15) is 0 Å². The topological polar surface area (TPSA) is 105 Å². The van der Waals surface area contributed by atoms with Crippen LogP contribution >= 0.6 is 0 Å². The first-order valence-corrected chi connectivity index (χ1v) is 9.56. The molecule has 0 aliphatic carbocycles. The van der Waals surface area contributed by atoms with Crippen molar-refractivity contribution in [1.82, 2.24) is 5.32 Å². The Balaban J connectivity index is 1.56. The maximum atomic E-state index is 12.3. The molecule has 1 aliphatic rings. The van der Waals surface area contributed by atoms with E-state index < -0.39 is 17.8 Å². The van der Waals surface area contributed by atoms with E-state index in [4.69, 9.17) is 0 Å². The number of aryl methyl sites for hydroxylation is 1. The van der Waals surface area contributed by atoms with E-state index in [1.165, 1.54) is 13.2 Å². The molecule has 1 heterocycles. The predicted molar refractivity (Wildman–Crippen MR) is 112 cm³/mol. The molecule has 2 aromatic rings. The minimum atomic E-state index is -0.502. The van der Waals surface area contributed by atoms with Gasteiger partial charge in [-0.25, -0.2) is 4.79 Å². The van der Waals surface area contributed by atoms with Crippen LogP contribution in [0.1, 0.15) is 39.1 Å². The summed E-state index contributed by atoms with van der Waals surface area (Å²) in [6.07, 6.45) is 1.37. The lowest BCUT2D eigenvalue weighted by Crippen LogP contribution is -2.33. The van der Waals surface area contributed by atoms with Crippen LogP contribution in [0.2, 0.25) is 0 Å². The first-order valence-electron chi connectivity index (χ1n) is 9.56. The molecule has 3 amide bonds. The fourth-order valence-corrected chi connectivity index (χ4v) is 3.17. The number of rotatable bonds is 6. The number of ether oxygens (including phenoxy) is 1. The van der Waals surface area contributed by atoms with Crippen molar-refractivity contribution in [3.63, 3.8) is 0 Å². The number of hydrogen-bond acceptors (Lipinski definition) is 5. The van der Waals surface area contributed by atoms with Gasteiger partial charge in [0.15, 0.2) is 0 Å². The van der Waals surface area contributed by atoms with Crippen molar-refractivity contribution >= 4 is 35.1 Å². The Morgan fingerprint density at radius 2 is 1.77 bits per heavy atom. The summed E-state index contributed by atoms with van der Waals surface area (Å²) in [5.74, 6) is -1.24. The third-order valence-corrected chi connectivity index (χ3v) is 4.86. The van der Waals surface area contributed by atoms with E-state index in [1.54, 1.807) is 48.2 Å². The van der Waals surface area contributed by atoms with Crippen LogP contribution < -0.4 is 15.5 Å². The van der Waals surface area contributed by atoms with Crippen molar-refractivity contribution in [2.45, 2.75) is 19.8 Å². The number of hydrogen-bond donors (Lipinski definition) is 2. The Morgan fingerprint density at radius 1 is 1.07 bits per heavy atom. The highest BCUT2D eigenvalue weighted by Crippen LogP contribution is 2.21. The fraction of sp³-hybridized carbons (Fsp3) is 0.273. The van der Waals surface area contributed by atoms with Crippen LogP contribution in [0.15, 0.2) is 42.5 Å². The molecule has 1 aliphatic heterocycles. The van der Waals surface area contributed by atoms with E-state index in [0.717, 1.165) is 17.7 Å². The van der Waals surface area contributed by atoms with E-state index >= 15 is 0 Å². The van der Waals surface area contributed by atoms with Crippen LogP contribution in [-0.4, -0.2) is 43.9 Å². The van der Waals surface area contributed by atoms with E-state index in [0.29, 0.717) is 29.8 Å². The van der Waals surface area contributed by atoms with Crippen LogP contribution in [0.5, 0.6) is 0 Å². The van der Waals surface area contributed by atoms with E-state index in [2.05, 4.69) is 15.4 Å². The number of carbonyl (C=O) groups excluding carboxylic acids is 4. The molecule has 0 atom stereocenters. The molecule has 0 bridgehead atoms. The summed E-state index contributed by atoms with van der Waals surface area (Å²) in [4.78, 5) is 49.7. The number of esters is 1. The maximum absolute atomic E-state index is 12.3. The quantitative estimate of drug-likeness (QED) is 0.712. The molecule has 156 valence electrons. The minimum absolute atomic E-state index is 0.0791. The fourth-order valence-electron chi connectivity index (χ4n) is 3.17. The van der Waals surface area contributed by atoms with Crippen LogP contribution in [0.4, 0.5) is 11.4 Å². The molecule has 3 rings (SSSR count). The standard InChI is InChI=1S/C22H23N3O5/c1-14-5-6-16(22(29)30-2)12-18(14)24-19(26)13-23-21(28)15-7-9-17(10-8-15)25-11-3-4-20(25)27/h5-10,12H,3-4,11,13H2,1-2H3,(H,23,28)(H,24,26). The Kier molecular flexibility index (Phi) is 6.46. The average Bonchev–Trinajstić information content (AvgIpc) is 3.19. The van der Waals surface area contributed by atoms with Crippen molar-refractivity contribution in [1.29, 1.82) is 0 Å². The number of anilines is 2. The third kappa shape index (κ3) is 4.83. The smallest absolute Gasteiger partial charge is 0.337 e. The van der Waals surface area contributed by atoms with E-state index in [-0.39, 0.29) is 12.5 Å². The van der Waals surface area contributed by atoms with E-state index in [1.807, 2.05) is 0 Å². The Hall–Kier alpha value is -3.68. The summed E-state index contributed by atoms with van der Waals surface area (Å²) in [6.45, 7) is 2.25. The van der Waals surface area contributed by atoms with Gasteiger partial charge in [0.1, 0.15) is 0 Å². The molecule has 1 fully saturated rings. The normalized spacial score (nSPS) is 13.1. The zero-order chi connectivity index (χ0) is 21.7. The minimum Gasteiger partial charge on any atom is -0.465 e. The molecule has 0 spiro atoms. The molecule has 8 nitrogen and oxygen atoms in total. The summed E-state index contributed by atoms with van der Waals surface area (Å²) in [5, 5.41) is 5.24. The van der Waals surface area contributed by atoms with Gasteiger partial charge >= 0.3 is 5.97 Å². The molecule has 30 heavy (non-hydrogen) atoms. The second-order valence-corrected chi connectivity index (χ2v) is 6.95. The molecule has 8 heteroatoms. The third-order valence-electron chi connectivity index (χ3n) is 4.86. The molecule has 1 saturated heterocycles. The summed E-state index contributed by atoms with van der Waals surface area (Å²) in [7, 11) is 1.28. The van der Waals surface area contributed by atoms with Crippen molar-refractivity contribution in [2.24, 2.45) is 0 Å². The van der Waals surface area contributed by atoms with Crippen molar-refractivity contribution in [3.05, 3.63) is 59.2 Å². The highest BCUT2D eigenvalue weighted by atomic mass is 16.5. The molecular formula is C22H23N3O5.